The molecule has 2 aliphatic rings. The number of rotatable bonds is 3. The van der Waals surface area contributed by atoms with Crippen LogP contribution < -0.4 is 4.41 Å². The van der Waals surface area contributed by atoms with Gasteiger partial charge in [0.1, 0.15) is 5.82 Å². The second kappa shape index (κ2) is 7.89. The van der Waals surface area contributed by atoms with Gasteiger partial charge in [-0.1, -0.05) is 6.07 Å². The highest BCUT2D eigenvalue weighted by molar-refractivity contribution is 7.85. The molecule has 166 valence electrons. The van der Waals surface area contributed by atoms with Crippen molar-refractivity contribution in [3.05, 3.63) is 77.8 Å². The van der Waals surface area contributed by atoms with Gasteiger partial charge in [-0.2, -0.15) is 8.79 Å². The number of hydrogen-bond acceptors (Lipinski definition) is 5. The molecule has 4 heterocycles. The summed E-state index contributed by atoms with van der Waals surface area (Å²) in [6.07, 6.45) is 9.56. The summed E-state index contributed by atoms with van der Waals surface area (Å²) in [7, 11) is 0. The van der Waals surface area contributed by atoms with Gasteiger partial charge in [-0.25, -0.2) is 13.6 Å². The van der Waals surface area contributed by atoms with Crippen LogP contribution >= 0.6 is 11.5 Å². The first-order valence-corrected chi connectivity index (χ1v) is 12.4. The molecule has 2 aromatic carbocycles. The fraction of sp³-hybridized carbons (Fsp3) is 0.174. The molecule has 1 unspecified atom stereocenters. The number of anilines is 1. The van der Waals surface area contributed by atoms with E-state index in [2.05, 4.69) is 32.0 Å². The zero-order valence-corrected chi connectivity index (χ0v) is 19.3. The maximum absolute atomic E-state index is 13.4. The second-order valence-electron chi connectivity index (χ2n) is 7.96. The van der Waals surface area contributed by atoms with Crippen LogP contribution in [-0.2, 0) is 11.2 Å². The summed E-state index contributed by atoms with van der Waals surface area (Å²) in [5.41, 5.74) is 4.73. The summed E-state index contributed by atoms with van der Waals surface area (Å²) in [4.78, 5) is 4.34. The summed E-state index contributed by atoms with van der Waals surface area (Å²) in [5, 5.41) is 2.99. The van der Waals surface area contributed by atoms with Crippen molar-refractivity contribution in [3.8, 4) is 5.69 Å². The number of piperidine rings is 1. The zero-order valence-electron chi connectivity index (χ0n) is 17.7. The van der Waals surface area contributed by atoms with E-state index in [0.717, 1.165) is 45.4 Å². The van der Waals surface area contributed by atoms with Crippen LogP contribution in [0.2, 0.25) is 0 Å². The van der Waals surface area contributed by atoms with Gasteiger partial charge >= 0.3 is 0 Å². The lowest BCUT2D eigenvalue weighted by Crippen LogP contribution is -2.45. The van der Waals surface area contributed by atoms with Gasteiger partial charge in [0.05, 0.1) is 28.1 Å². The summed E-state index contributed by atoms with van der Waals surface area (Å²) in [6.45, 7) is 2.67. The minimum Gasteiger partial charge on any atom is -0.305 e. The first-order chi connectivity index (χ1) is 16.1. The number of halogens is 1. The van der Waals surface area contributed by atoms with Gasteiger partial charge in [-0.3, -0.25) is 5.01 Å². The number of nitrogens with zero attached hydrogens (tertiary/aromatic N) is 6. The van der Waals surface area contributed by atoms with Crippen LogP contribution in [0.25, 0.3) is 21.8 Å². The molecule has 0 bridgehead atoms. The Morgan fingerprint density at radius 1 is 1.18 bits per heavy atom. The number of hydrogen-bond donors (Lipinski definition) is 0. The molecule has 0 radical (unpaired) electrons. The van der Waals surface area contributed by atoms with Crippen LogP contribution in [0.1, 0.15) is 24.1 Å². The Kier molecular flexibility index (Phi) is 4.84. The number of fused-ring (bicyclic) bond motifs is 2. The average molecular weight is 479 g/mol. The molecule has 6 rings (SSSR count). The van der Waals surface area contributed by atoms with E-state index in [1.165, 1.54) is 23.7 Å². The van der Waals surface area contributed by atoms with Crippen LogP contribution in [0, 0.1) is 12.7 Å². The van der Waals surface area contributed by atoms with Gasteiger partial charge in [-0.15, -0.1) is 4.40 Å². The Hall–Kier alpha value is -3.37. The van der Waals surface area contributed by atoms with Gasteiger partial charge < -0.3 is 4.57 Å². The SMILES string of the molecule is Cc1cn(-c2ccc(C=C3CCCN4C3=NS(=O)N4c3ccc(F)cc3)c3cnsc23)cn1. The molecule has 0 amide bonds. The number of aromatic nitrogens is 3. The monoisotopic (exact) mass is 478 g/mol. The Morgan fingerprint density at radius 3 is 2.82 bits per heavy atom. The smallest absolute Gasteiger partial charge is 0.267 e. The number of amidine groups is 1. The minimum atomic E-state index is -1.60. The van der Waals surface area contributed by atoms with E-state index in [0.29, 0.717) is 18.1 Å². The Morgan fingerprint density at radius 2 is 2.03 bits per heavy atom. The summed E-state index contributed by atoms with van der Waals surface area (Å²) in [5.74, 6) is 0.376. The van der Waals surface area contributed by atoms with Crippen molar-refractivity contribution < 1.29 is 8.60 Å². The molecule has 1 fully saturated rings. The normalized spacial score (nSPS) is 19.4. The largest absolute Gasteiger partial charge is 0.305 e. The second-order valence-corrected chi connectivity index (χ2v) is 9.75. The fourth-order valence-corrected chi connectivity index (χ4v) is 6.12. The fourth-order valence-electron chi connectivity index (χ4n) is 4.25. The molecule has 2 aromatic heterocycles. The van der Waals surface area contributed by atoms with Crippen molar-refractivity contribution in [3.63, 3.8) is 0 Å². The molecule has 1 saturated heterocycles. The van der Waals surface area contributed by atoms with Crippen LogP contribution in [0.5, 0.6) is 0 Å². The van der Waals surface area contributed by atoms with Crippen molar-refractivity contribution in [1.29, 1.82) is 0 Å². The van der Waals surface area contributed by atoms with Gasteiger partial charge in [0.25, 0.3) is 11.2 Å². The van der Waals surface area contributed by atoms with Crippen LogP contribution in [0.3, 0.4) is 0 Å². The third-order valence-electron chi connectivity index (χ3n) is 5.78. The Labute approximate surface area is 196 Å². The third kappa shape index (κ3) is 3.46. The van der Waals surface area contributed by atoms with Gasteiger partial charge in [-0.05, 0) is 78.8 Å². The van der Waals surface area contributed by atoms with E-state index < -0.39 is 11.2 Å². The average Bonchev–Trinajstić information content (AvgIpc) is 3.54. The van der Waals surface area contributed by atoms with Crippen molar-refractivity contribution in [2.24, 2.45) is 4.40 Å². The zero-order chi connectivity index (χ0) is 22.5. The highest BCUT2D eigenvalue weighted by Gasteiger charge is 2.36. The molecule has 10 heteroatoms. The number of aryl methyl sites for hydroxylation is 1. The lowest BCUT2D eigenvalue weighted by molar-refractivity contribution is 0.425. The van der Waals surface area contributed by atoms with E-state index in [-0.39, 0.29) is 5.82 Å². The van der Waals surface area contributed by atoms with Gasteiger partial charge in [0.2, 0.25) is 0 Å². The topological polar surface area (TPSA) is 66.6 Å². The Balaban J connectivity index is 1.38. The minimum absolute atomic E-state index is 0.327. The van der Waals surface area contributed by atoms with E-state index in [4.69, 9.17) is 0 Å². The van der Waals surface area contributed by atoms with Crippen molar-refractivity contribution in [1.82, 2.24) is 18.9 Å². The standard InChI is InChI=1S/C23H19FN6OS2/c1-15-13-28(14-25-15)21-9-4-16(20-12-26-32-22(20)21)11-17-3-2-10-29-23(17)27-33(31)30(29)19-7-5-18(24)6-8-19/h4-9,11-14H,2-3,10H2,1H3. The van der Waals surface area contributed by atoms with E-state index in [1.54, 1.807) is 16.5 Å². The maximum atomic E-state index is 13.4. The summed E-state index contributed by atoms with van der Waals surface area (Å²) < 4.78 is 39.9. The van der Waals surface area contributed by atoms with Gasteiger partial charge in [0, 0.05) is 24.3 Å². The van der Waals surface area contributed by atoms with Crippen molar-refractivity contribution in [2.75, 3.05) is 11.0 Å². The first-order valence-electron chi connectivity index (χ1n) is 10.5. The third-order valence-corrected chi connectivity index (χ3v) is 7.64. The quantitative estimate of drug-likeness (QED) is 0.423. The lowest BCUT2D eigenvalue weighted by Gasteiger charge is -2.33. The molecular weight excluding hydrogens is 459 g/mol. The van der Waals surface area contributed by atoms with E-state index >= 15 is 0 Å². The highest BCUT2D eigenvalue weighted by Crippen LogP contribution is 2.35. The van der Waals surface area contributed by atoms with Crippen molar-refractivity contribution >= 4 is 50.4 Å². The van der Waals surface area contributed by atoms with E-state index in [9.17, 15) is 8.60 Å². The van der Waals surface area contributed by atoms with Crippen molar-refractivity contribution in [2.45, 2.75) is 19.8 Å². The van der Waals surface area contributed by atoms with Crippen LogP contribution in [0.15, 0.2) is 65.1 Å². The number of hydrazine groups is 1. The molecule has 7 nitrogen and oxygen atoms in total. The molecule has 4 aromatic rings. The predicted molar refractivity (Wildman–Crippen MR) is 130 cm³/mol. The summed E-state index contributed by atoms with van der Waals surface area (Å²) in [6, 6.07) is 10.1. The van der Waals surface area contributed by atoms with Crippen LogP contribution in [-0.4, -0.2) is 35.5 Å². The molecule has 0 aliphatic carbocycles. The molecular formula is C23H19FN6OS2. The maximum Gasteiger partial charge on any atom is 0.267 e. The lowest BCUT2D eigenvalue weighted by atomic mass is 10.00. The van der Waals surface area contributed by atoms with E-state index in [1.807, 2.05) is 35.2 Å². The predicted octanol–water partition coefficient (Wildman–Crippen LogP) is 4.82. The molecule has 0 saturated carbocycles. The first kappa shape index (κ1) is 20.3. The molecule has 33 heavy (non-hydrogen) atoms. The van der Waals surface area contributed by atoms with Crippen LogP contribution in [0.4, 0.5) is 10.1 Å². The number of imidazole rings is 1. The molecule has 0 N–H and O–H groups in total. The number of benzene rings is 2. The molecule has 1 atom stereocenters. The Bertz CT molecular complexity index is 1460. The van der Waals surface area contributed by atoms with Gasteiger partial charge in [0.15, 0.2) is 5.84 Å². The molecule has 2 aliphatic heterocycles. The summed E-state index contributed by atoms with van der Waals surface area (Å²) >= 11 is -0.142. The highest BCUT2D eigenvalue weighted by atomic mass is 32.2. The molecule has 0 spiro atoms.